The highest BCUT2D eigenvalue weighted by Crippen LogP contribution is 2.30. The lowest BCUT2D eigenvalue weighted by molar-refractivity contribution is -0.137. The minimum atomic E-state index is -4.34. The zero-order valence-corrected chi connectivity index (χ0v) is 16.8. The zero-order valence-electron chi connectivity index (χ0n) is 16.0. The van der Waals surface area contributed by atoms with Crippen LogP contribution in [0.3, 0.4) is 0 Å². The summed E-state index contributed by atoms with van der Waals surface area (Å²) in [6, 6.07) is 19.0. The number of hydrogen-bond donors (Lipinski definition) is 0. The van der Waals surface area contributed by atoms with Gasteiger partial charge in [0.1, 0.15) is 0 Å². The number of amidine groups is 1. The molecule has 0 radical (unpaired) electrons. The van der Waals surface area contributed by atoms with Gasteiger partial charge in [0.2, 0.25) is 5.91 Å². The van der Waals surface area contributed by atoms with Crippen molar-refractivity contribution in [3.8, 4) is 0 Å². The van der Waals surface area contributed by atoms with E-state index in [4.69, 9.17) is 0 Å². The van der Waals surface area contributed by atoms with Crippen molar-refractivity contribution in [3.05, 3.63) is 83.4 Å². The second kappa shape index (κ2) is 8.52. The lowest BCUT2D eigenvalue weighted by Crippen LogP contribution is -2.34. The van der Waals surface area contributed by atoms with Gasteiger partial charge in [0.15, 0.2) is 5.17 Å². The summed E-state index contributed by atoms with van der Waals surface area (Å²) in [7, 11) is 0. The molecule has 7 heteroatoms. The number of hydrogen-bond acceptors (Lipinski definition) is 3. The van der Waals surface area contributed by atoms with E-state index in [0.29, 0.717) is 24.0 Å². The Hall–Kier alpha value is -2.80. The molecule has 0 saturated heterocycles. The Morgan fingerprint density at radius 3 is 2.50 bits per heavy atom. The van der Waals surface area contributed by atoms with Gasteiger partial charge >= 0.3 is 6.18 Å². The molecule has 1 amide bonds. The van der Waals surface area contributed by atoms with Crippen LogP contribution in [0.5, 0.6) is 0 Å². The quantitative estimate of drug-likeness (QED) is 0.547. The highest BCUT2D eigenvalue weighted by Gasteiger charge is 2.30. The van der Waals surface area contributed by atoms with Crippen molar-refractivity contribution < 1.29 is 18.0 Å². The van der Waals surface area contributed by atoms with Crippen molar-refractivity contribution in [1.82, 2.24) is 4.90 Å². The predicted octanol–water partition coefficient (Wildman–Crippen LogP) is 5.53. The molecule has 3 nitrogen and oxygen atoms in total. The number of carbonyl (C=O) groups excluding carboxylic acids is 1. The van der Waals surface area contributed by atoms with E-state index in [1.165, 1.54) is 23.9 Å². The first-order valence-corrected chi connectivity index (χ1v) is 10.5. The Bertz CT molecular complexity index is 1090. The van der Waals surface area contributed by atoms with Gasteiger partial charge in [-0.1, -0.05) is 66.4 Å². The monoisotopic (exact) mass is 428 g/mol. The van der Waals surface area contributed by atoms with Gasteiger partial charge in [-0.15, -0.1) is 0 Å². The molecule has 0 bridgehead atoms. The normalized spacial score (nSPS) is 14.2. The first-order chi connectivity index (χ1) is 14.4. The van der Waals surface area contributed by atoms with Crippen LogP contribution in [-0.2, 0) is 23.1 Å². The average molecular weight is 428 g/mol. The summed E-state index contributed by atoms with van der Waals surface area (Å²) < 4.78 is 38.1. The highest BCUT2D eigenvalue weighted by atomic mass is 32.2. The summed E-state index contributed by atoms with van der Waals surface area (Å²) in [6.45, 7) is 1.07. The van der Waals surface area contributed by atoms with Crippen molar-refractivity contribution >= 4 is 33.6 Å². The number of alkyl halides is 3. The molecule has 0 aromatic heterocycles. The summed E-state index contributed by atoms with van der Waals surface area (Å²) in [4.78, 5) is 19.0. The first-order valence-electron chi connectivity index (χ1n) is 9.52. The fourth-order valence-corrected chi connectivity index (χ4v) is 4.44. The van der Waals surface area contributed by atoms with E-state index < -0.39 is 11.7 Å². The van der Waals surface area contributed by atoms with Crippen LogP contribution in [0.15, 0.2) is 71.7 Å². The predicted molar refractivity (Wildman–Crippen MR) is 114 cm³/mol. The molecule has 1 aliphatic heterocycles. The molecule has 0 unspecified atom stereocenters. The van der Waals surface area contributed by atoms with E-state index in [0.717, 1.165) is 34.0 Å². The van der Waals surface area contributed by atoms with Crippen LogP contribution in [0.2, 0.25) is 0 Å². The molecule has 4 rings (SSSR count). The summed E-state index contributed by atoms with van der Waals surface area (Å²) in [5, 5.41) is 2.78. The van der Waals surface area contributed by atoms with E-state index >= 15 is 0 Å². The Kier molecular flexibility index (Phi) is 5.81. The third-order valence-electron chi connectivity index (χ3n) is 4.97. The van der Waals surface area contributed by atoms with E-state index in [9.17, 15) is 18.0 Å². The molecule has 0 fully saturated rings. The fraction of sp³-hybridized carbons (Fsp3) is 0.217. The molecule has 0 N–H and O–H groups in total. The number of fused-ring (bicyclic) bond motifs is 1. The van der Waals surface area contributed by atoms with Crippen LogP contribution in [0.1, 0.15) is 16.7 Å². The van der Waals surface area contributed by atoms with Crippen LogP contribution in [-0.4, -0.2) is 29.1 Å². The minimum absolute atomic E-state index is 0.0254. The van der Waals surface area contributed by atoms with Crippen LogP contribution in [0, 0.1) is 0 Å². The molecule has 0 spiro atoms. The number of amides is 1. The number of benzene rings is 3. The van der Waals surface area contributed by atoms with E-state index in [2.05, 4.69) is 4.99 Å². The first kappa shape index (κ1) is 20.5. The molecule has 0 aliphatic carbocycles. The SMILES string of the molecule is O=C(Cc1cccc2ccccc12)N1CCN=C1SCc1ccc(C(F)(F)F)cc1. The maximum absolute atomic E-state index is 12.9. The lowest BCUT2D eigenvalue weighted by atomic mass is 10.0. The summed E-state index contributed by atoms with van der Waals surface area (Å²) in [6.07, 6.45) is -4.06. The van der Waals surface area contributed by atoms with Crippen molar-refractivity contribution in [2.75, 3.05) is 13.1 Å². The van der Waals surface area contributed by atoms with Crippen LogP contribution < -0.4 is 0 Å². The van der Waals surface area contributed by atoms with Gasteiger partial charge in [0, 0.05) is 12.3 Å². The van der Waals surface area contributed by atoms with E-state index in [1.807, 2.05) is 42.5 Å². The van der Waals surface area contributed by atoms with Crippen molar-refractivity contribution in [2.45, 2.75) is 18.3 Å². The number of carbonyl (C=O) groups is 1. The molecule has 1 aliphatic rings. The Morgan fingerprint density at radius 2 is 1.73 bits per heavy atom. The molecule has 1 heterocycles. The second-order valence-electron chi connectivity index (χ2n) is 7.01. The van der Waals surface area contributed by atoms with Gasteiger partial charge in [0.25, 0.3) is 0 Å². The van der Waals surface area contributed by atoms with E-state index in [-0.39, 0.29) is 12.3 Å². The fourth-order valence-electron chi connectivity index (χ4n) is 3.42. The number of thioether (sulfide) groups is 1. The molecule has 0 saturated carbocycles. The summed E-state index contributed by atoms with van der Waals surface area (Å²) in [5.74, 6) is 0.428. The van der Waals surface area contributed by atoms with Crippen LogP contribution in [0.4, 0.5) is 13.2 Å². The Labute approximate surface area is 176 Å². The zero-order chi connectivity index (χ0) is 21.1. The number of halogens is 3. The highest BCUT2D eigenvalue weighted by molar-refractivity contribution is 8.13. The smallest absolute Gasteiger partial charge is 0.289 e. The van der Waals surface area contributed by atoms with Gasteiger partial charge in [-0.2, -0.15) is 13.2 Å². The second-order valence-corrected chi connectivity index (χ2v) is 7.95. The van der Waals surface area contributed by atoms with Crippen LogP contribution in [0.25, 0.3) is 10.8 Å². The molecular formula is C23H19F3N2OS. The van der Waals surface area contributed by atoms with E-state index in [1.54, 1.807) is 4.90 Å². The maximum atomic E-state index is 12.9. The largest absolute Gasteiger partial charge is 0.416 e. The molecule has 30 heavy (non-hydrogen) atoms. The molecule has 3 aromatic rings. The topological polar surface area (TPSA) is 32.7 Å². The Morgan fingerprint density at radius 1 is 1.00 bits per heavy atom. The number of nitrogens with zero attached hydrogens (tertiary/aromatic N) is 2. The summed E-state index contributed by atoms with van der Waals surface area (Å²) in [5.41, 5.74) is 1.06. The molecule has 154 valence electrons. The van der Waals surface area contributed by atoms with Gasteiger partial charge in [-0.3, -0.25) is 14.7 Å². The average Bonchev–Trinajstić information content (AvgIpc) is 3.21. The molecule has 3 aromatic carbocycles. The third-order valence-corrected chi connectivity index (χ3v) is 6.06. The number of rotatable bonds is 4. The molecule has 0 atom stereocenters. The lowest BCUT2D eigenvalue weighted by Gasteiger charge is -2.18. The third kappa shape index (κ3) is 4.51. The minimum Gasteiger partial charge on any atom is -0.289 e. The standard InChI is InChI=1S/C23H19F3N2OS/c24-23(25,26)19-10-8-16(9-11-19)15-30-22-27-12-13-28(22)21(29)14-18-6-3-5-17-4-1-2-7-20(17)18/h1-11H,12-15H2. The van der Waals surface area contributed by atoms with Gasteiger partial charge < -0.3 is 0 Å². The maximum Gasteiger partial charge on any atom is 0.416 e. The van der Waals surface area contributed by atoms with Gasteiger partial charge in [0.05, 0.1) is 18.5 Å². The van der Waals surface area contributed by atoms with Gasteiger partial charge in [-0.25, -0.2) is 0 Å². The van der Waals surface area contributed by atoms with Crippen molar-refractivity contribution in [2.24, 2.45) is 4.99 Å². The van der Waals surface area contributed by atoms with Crippen molar-refractivity contribution in [1.29, 1.82) is 0 Å². The number of aliphatic imine (C=N–C) groups is 1. The van der Waals surface area contributed by atoms with Crippen molar-refractivity contribution in [3.63, 3.8) is 0 Å². The van der Waals surface area contributed by atoms with Crippen LogP contribution >= 0.6 is 11.8 Å². The summed E-state index contributed by atoms with van der Waals surface area (Å²) >= 11 is 1.37. The Balaban J connectivity index is 1.41. The van der Waals surface area contributed by atoms with Gasteiger partial charge in [-0.05, 0) is 34.0 Å². The molecular weight excluding hydrogens is 409 g/mol.